The first kappa shape index (κ1) is 18.7. The molecule has 6 nitrogen and oxygen atoms in total. The van der Waals surface area contributed by atoms with Crippen LogP contribution in [0.15, 0.2) is 40.2 Å². The molecule has 3 rings (SSSR count). The number of hydrogen-bond acceptors (Lipinski definition) is 5. The van der Waals surface area contributed by atoms with Crippen molar-refractivity contribution < 1.29 is 13.2 Å². The minimum Gasteiger partial charge on any atom is -0.360 e. The minimum atomic E-state index is -3.36. The van der Waals surface area contributed by atoms with E-state index in [1.807, 2.05) is 6.07 Å². The highest BCUT2D eigenvalue weighted by molar-refractivity contribution is 7.90. The lowest BCUT2D eigenvalue weighted by atomic mass is 10.00. The Hall–Kier alpha value is -2.12. The third-order valence-electron chi connectivity index (χ3n) is 4.72. The van der Waals surface area contributed by atoms with Gasteiger partial charge in [0.2, 0.25) is 0 Å². The maximum Gasteiger partial charge on any atom is 0.253 e. The largest absolute Gasteiger partial charge is 0.360 e. The molecule has 140 valence electrons. The van der Waals surface area contributed by atoms with Gasteiger partial charge in [-0.05, 0) is 56.0 Å². The van der Waals surface area contributed by atoms with E-state index in [0.717, 1.165) is 30.5 Å². The summed E-state index contributed by atoms with van der Waals surface area (Å²) in [7, 11) is -1.66. The van der Waals surface area contributed by atoms with Crippen LogP contribution in [0.3, 0.4) is 0 Å². The molecule has 2 aromatic rings. The number of nitrogens with one attached hydrogen (secondary N) is 1. The van der Waals surface area contributed by atoms with Gasteiger partial charge in [0.25, 0.3) is 5.56 Å². The van der Waals surface area contributed by atoms with Crippen LogP contribution in [-0.4, -0.2) is 32.1 Å². The molecule has 1 aromatic heterocycles. The average molecular weight is 376 g/mol. The van der Waals surface area contributed by atoms with Gasteiger partial charge in [-0.1, -0.05) is 0 Å². The fourth-order valence-corrected chi connectivity index (χ4v) is 3.83. The Bertz CT molecular complexity index is 974. The van der Waals surface area contributed by atoms with E-state index >= 15 is 0 Å². The van der Waals surface area contributed by atoms with Crippen molar-refractivity contribution in [3.8, 4) is 11.1 Å². The van der Waals surface area contributed by atoms with Gasteiger partial charge in [0.1, 0.15) is 6.23 Å². The Morgan fingerprint density at radius 2 is 1.96 bits per heavy atom. The predicted molar refractivity (Wildman–Crippen MR) is 102 cm³/mol. The highest BCUT2D eigenvalue weighted by Crippen LogP contribution is 2.33. The molecule has 1 N–H and O–H groups in total. The molecule has 0 amide bonds. The van der Waals surface area contributed by atoms with Gasteiger partial charge in [0.05, 0.1) is 4.90 Å². The Morgan fingerprint density at radius 1 is 1.19 bits per heavy atom. The Labute approximate surface area is 153 Å². The van der Waals surface area contributed by atoms with Crippen LogP contribution >= 0.6 is 0 Å². The summed E-state index contributed by atoms with van der Waals surface area (Å²) < 4.78 is 31.3. The highest BCUT2D eigenvalue weighted by atomic mass is 32.2. The topological polar surface area (TPSA) is 77.4 Å². The summed E-state index contributed by atoms with van der Waals surface area (Å²) in [5.74, 6) is 0. The molecule has 0 spiro atoms. The Balaban J connectivity index is 2.13. The summed E-state index contributed by atoms with van der Waals surface area (Å²) in [4.78, 5) is 12.6. The first-order valence-corrected chi connectivity index (χ1v) is 10.6. The summed E-state index contributed by atoms with van der Waals surface area (Å²) in [6, 6.07) is 6.80. The summed E-state index contributed by atoms with van der Waals surface area (Å²) in [5.41, 5.74) is 2.65. The molecule has 0 aliphatic carbocycles. The normalized spacial score (nSPS) is 17.9. The van der Waals surface area contributed by atoms with Crippen LogP contribution in [0, 0.1) is 6.92 Å². The quantitative estimate of drug-likeness (QED) is 0.888. The van der Waals surface area contributed by atoms with Crippen molar-refractivity contribution in [1.82, 2.24) is 4.57 Å². The predicted octanol–water partition coefficient (Wildman–Crippen LogP) is 2.70. The van der Waals surface area contributed by atoms with Gasteiger partial charge in [0.15, 0.2) is 9.84 Å². The lowest BCUT2D eigenvalue weighted by molar-refractivity contribution is 0.0344. The van der Waals surface area contributed by atoms with E-state index in [1.54, 1.807) is 38.4 Å². The third-order valence-corrected chi connectivity index (χ3v) is 5.83. The van der Waals surface area contributed by atoms with Gasteiger partial charge in [-0.3, -0.25) is 4.79 Å². The van der Waals surface area contributed by atoms with Crippen molar-refractivity contribution in [2.24, 2.45) is 7.05 Å². The second kappa shape index (κ2) is 7.25. The van der Waals surface area contributed by atoms with Gasteiger partial charge < -0.3 is 14.6 Å². The molecule has 0 saturated carbocycles. The number of anilines is 1. The molecule has 1 aliphatic heterocycles. The van der Waals surface area contributed by atoms with Gasteiger partial charge >= 0.3 is 0 Å². The standard InChI is InChI=1S/C19H24N2O4S/c1-13-15(9-10-21(2)19(13)22)16-12-14(26(3,23)24)7-8-17(16)20-18-6-4-5-11-25-18/h7-10,12,18,20H,4-6,11H2,1-3H3. The maximum atomic E-state index is 12.3. The minimum absolute atomic E-state index is 0.105. The van der Waals surface area contributed by atoms with Crippen LogP contribution in [-0.2, 0) is 21.6 Å². The van der Waals surface area contributed by atoms with Crippen molar-refractivity contribution in [3.63, 3.8) is 0 Å². The number of rotatable bonds is 4. The summed E-state index contributed by atoms with van der Waals surface area (Å²) in [6.45, 7) is 2.46. The van der Waals surface area contributed by atoms with E-state index in [4.69, 9.17) is 4.74 Å². The lowest BCUT2D eigenvalue weighted by Crippen LogP contribution is -2.27. The molecule has 0 radical (unpaired) electrons. The van der Waals surface area contributed by atoms with Crippen LogP contribution < -0.4 is 10.9 Å². The number of sulfone groups is 1. The third kappa shape index (κ3) is 3.83. The zero-order chi connectivity index (χ0) is 18.9. The number of aryl methyl sites for hydroxylation is 1. The van der Waals surface area contributed by atoms with Crippen molar-refractivity contribution in [1.29, 1.82) is 0 Å². The van der Waals surface area contributed by atoms with Crippen LogP contribution in [0.5, 0.6) is 0 Å². The molecule has 1 fully saturated rings. The first-order valence-electron chi connectivity index (χ1n) is 8.66. The summed E-state index contributed by atoms with van der Waals surface area (Å²) >= 11 is 0. The smallest absolute Gasteiger partial charge is 0.253 e. The van der Waals surface area contributed by atoms with Crippen LogP contribution in [0.4, 0.5) is 5.69 Å². The molecule has 1 aromatic carbocycles. The van der Waals surface area contributed by atoms with E-state index < -0.39 is 9.84 Å². The second-order valence-corrected chi connectivity index (χ2v) is 8.77. The fourth-order valence-electron chi connectivity index (χ4n) is 3.18. The lowest BCUT2D eigenvalue weighted by Gasteiger charge is -2.26. The van der Waals surface area contributed by atoms with Crippen LogP contribution in [0.1, 0.15) is 24.8 Å². The van der Waals surface area contributed by atoms with E-state index in [0.29, 0.717) is 17.7 Å². The Morgan fingerprint density at radius 3 is 2.62 bits per heavy atom. The monoisotopic (exact) mass is 376 g/mol. The maximum absolute atomic E-state index is 12.3. The zero-order valence-electron chi connectivity index (χ0n) is 15.3. The van der Waals surface area contributed by atoms with Crippen molar-refractivity contribution in [2.75, 3.05) is 18.2 Å². The SMILES string of the molecule is Cc1c(-c2cc(S(C)(=O)=O)ccc2NC2CCCCO2)ccn(C)c1=O. The number of aromatic nitrogens is 1. The molecule has 7 heteroatoms. The molecule has 0 bridgehead atoms. The molecule has 2 heterocycles. The molecule has 1 aliphatic rings. The first-order chi connectivity index (χ1) is 12.3. The number of benzene rings is 1. The zero-order valence-corrected chi connectivity index (χ0v) is 16.1. The fraction of sp³-hybridized carbons (Fsp3) is 0.421. The van der Waals surface area contributed by atoms with Crippen molar-refractivity contribution >= 4 is 15.5 Å². The molecular weight excluding hydrogens is 352 g/mol. The van der Waals surface area contributed by atoms with Crippen LogP contribution in [0.2, 0.25) is 0 Å². The molecular formula is C19H24N2O4S. The molecule has 1 unspecified atom stereocenters. The second-order valence-electron chi connectivity index (χ2n) is 6.75. The van der Waals surface area contributed by atoms with E-state index in [-0.39, 0.29) is 16.7 Å². The number of hydrogen-bond donors (Lipinski definition) is 1. The van der Waals surface area contributed by atoms with E-state index in [9.17, 15) is 13.2 Å². The number of pyridine rings is 1. The van der Waals surface area contributed by atoms with Crippen LogP contribution in [0.25, 0.3) is 11.1 Å². The number of nitrogens with zero attached hydrogens (tertiary/aromatic N) is 1. The van der Waals surface area contributed by atoms with Crippen molar-refractivity contribution in [3.05, 3.63) is 46.4 Å². The van der Waals surface area contributed by atoms with E-state index in [2.05, 4.69) is 5.32 Å². The average Bonchev–Trinajstić information content (AvgIpc) is 2.60. The van der Waals surface area contributed by atoms with Crippen molar-refractivity contribution in [2.45, 2.75) is 37.3 Å². The molecule has 26 heavy (non-hydrogen) atoms. The van der Waals surface area contributed by atoms with E-state index in [1.165, 1.54) is 10.8 Å². The van der Waals surface area contributed by atoms with Gasteiger partial charge in [0, 0.05) is 42.9 Å². The highest BCUT2D eigenvalue weighted by Gasteiger charge is 2.19. The Kier molecular flexibility index (Phi) is 5.20. The van der Waals surface area contributed by atoms with Gasteiger partial charge in [-0.2, -0.15) is 0 Å². The number of ether oxygens (including phenoxy) is 1. The van der Waals surface area contributed by atoms with Gasteiger partial charge in [-0.25, -0.2) is 8.42 Å². The summed E-state index contributed by atoms with van der Waals surface area (Å²) in [5, 5.41) is 3.36. The summed E-state index contributed by atoms with van der Waals surface area (Å²) in [6.07, 6.45) is 5.78. The van der Waals surface area contributed by atoms with Gasteiger partial charge in [-0.15, -0.1) is 0 Å². The molecule has 1 atom stereocenters. The molecule has 1 saturated heterocycles.